The first-order chi connectivity index (χ1) is 14.3. The molecular weight excluding hydrogens is 431 g/mol. The van der Waals surface area contributed by atoms with Crippen LogP contribution in [0.15, 0.2) is 18.2 Å². The lowest BCUT2D eigenvalue weighted by molar-refractivity contribution is -0.348. The van der Waals surface area contributed by atoms with Gasteiger partial charge in [-0.05, 0) is 61.5 Å². The molecule has 1 amide bonds. The normalized spacial score (nSPS) is 30.9. The summed E-state index contributed by atoms with van der Waals surface area (Å²) in [6.07, 6.45) is -9.91. The highest BCUT2D eigenvalue weighted by Crippen LogP contribution is 2.55. The van der Waals surface area contributed by atoms with Crippen molar-refractivity contribution in [1.29, 1.82) is 0 Å². The van der Waals surface area contributed by atoms with Crippen molar-refractivity contribution in [3.63, 3.8) is 0 Å². The zero-order valence-corrected chi connectivity index (χ0v) is 16.4. The SMILES string of the molecule is O=C(NC1CC(O)C1)[C@@H]1CCC2c3ccc(C(F)(C(F)(F)F)C(F)(F)F)cc3CCC21. The lowest BCUT2D eigenvalue weighted by Gasteiger charge is -2.36. The van der Waals surface area contributed by atoms with E-state index in [1.807, 2.05) is 0 Å². The number of hydrogen-bond acceptors (Lipinski definition) is 2. The Morgan fingerprint density at radius 2 is 1.61 bits per heavy atom. The lowest BCUT2D eigenvalue weighted by Crippen LogP contribution is -2.50. The number of hydrogen-bond donors (Lipinski definition) is 2. The molecule has 0 bridgehead atoms. The van der Waals surface area contributed by atoms with E-state index in [1.165, 1.54) is 0 Å². The Kier molecular flexibility index (Phi) is 5.30. The van der Waals surface area contributed by atoms with Crippen LogP contribution < -0.4 is 5.32 Å². The maximum Gasteiger partial charge on any atom is 0.435 e. The number of carbonyl (C=O) groups excluding carboxylic acids is 1. The summed E-state index contributed by atoms with van der Waals surface area (Å²) < 4.78 is 92.9. The predicted octanol–water partition coefficient (Wildman–Crippen LogP) is 4.67. The van der Waals surface area contributed by atoms with Crippen molar-refractivity contribution in [2.75, 3.05) is 0 Å². The van der Waals surface area contributed by atoms with E-state index in [4.69, 9.17) is 0 Å². The summed E-state index contributed by atoms with van der Waals surface area (Å²) in [7, 11) is 0. The fourth-order valence-electron chi connectivity index (χ4n) is 5.40. The Bertz CT molecular complexity index is 846. The molecule has 0 saturated heterocycles. The molecule has 0 heterocycles. The molecule has 3 aliphatic rings. The van der Waals surface area contributed by atoms with Crippen LogP contribution in [0.1, 0.15) is 54.7 Å². The number of carbonyl (C=O) groups is 1. The Labute approximate surface area is 174 Å². The molecule has 1 aromatic carbocycles. The van der Waals surface area contributed by atoms with Crippen LogP contribution in [0.25, 0.3) is 0 Å². The van der Waals surface area contributed by atoms with E-state index < -0.39 is 29.7 Å². The Hall–Kier alpha value is -1.84. The third-order valence-corrected chi connectivity index (χ3v) is 7.09. The molecule has 2 N–H and O–H groups in total. The Morgan fingerprint density at radius 3 is 2.19 bits per heavy atom. The third-order valence-electron chi connectivity index (χ3n) is 7.09. The van der Waals surface area contributed by atoms with E-state index in [1.54, 1.807) is 0 Å². The largest absolute Gasteiger partial charge is 0.435 e. The molecule has 0 radical (unpaired) electrons. The van der Waals surface area contributed by atoms with Gasteiger partial charge in [0.05, 0.1) is 6.10 Å². The van der Waals surface area contributed by atoms with Gasteiger partial charge in [-0.1, -0.05) is 18.2 Å². The molecule has 2 fully saturated rings. The number of nitrogens with one attached hydrogen (secondary N) is 1. The van der Waals surface area contributed by atoms with Gasteiger partial charge in [0.2, 0.25) is 5.91 Å². The zero-order chi connectivity index (χ0) is 22.8. The first-order valence-electron chi connectivity index (χ1n) is 10.3. The van der Waals surface area contributed by atoms with Gasteiger partial charge in [0.1, 0.15) is 0 Å². The first-order valence-corrected chi connectivity index (χ1v) is 10.3. The van der Waals surface area contributed by atoms with Crippen LogP contribution in [-0.4, -0.2) is 35.5 Å². The number of rotatable bonds is 3. The fourth-order valence-corrected chi connectivity index (χ4v) is 5.40. The smallest absolute Gasteiger partial charge is 0.393 e. The quantitative estimate of drug-likeness (QED) is 0.654. The third kappa shape index (κ3) is 3.60. The topological polar surface area (TPSA) is 49.3 Å². The highest BCUT2D eigenvalue weighted by atomic mass is 19.4. The molecule has 3 atom stereocenters. The van der Waals surface area contributed by atoms with Gasteiger partial charge in [0.25, 0.3) is 0 Å². The molecule has 10 heteroatoms. The molecule has 3 nitrogen and oxygen atoms in total. The number of benzene rings is 1. The van der Waals surface area contributed by atoms with E-state index in [9.17, 15) is 40.6 Å². The second-order valence-corrected chi connectivity index (χ2v) is 8.89. The average Bonchev–Trinajstić information content (AvgIpc) is 3.08. The number of aliphatic hydroxyl groups excluding tert-OH is 1. The van der Waals surface area contributed by atoms with E-state index in [-0.39, 0.29) is 41.7 Å². The highest BCUT2D eigenvalue weighted by molar-refractivity contribution is 5.80. The molecule has 3 aliphatic carbocycles. The standard InChI is InChI=1S/C21H22F7NO2/c22-19(20(23,24)25,21(26,27)28)11-2-4-14-10(7-11)1-3-16-15(14)5-6-17(16)18(31)29-12-8-13(30)9-12/h2,4,7,12-13,15-17,30H,1,3,5-6,8-9H2,(H,29,31)/t12?,13?,15?,16?,17-/m1/s1. The van der Waals surface area contributed by atoms with Gasteiger partial charge < -0.3 is 10.4 Å². The van der Waals surface area contributed by atoms with Crippen LogP contribution in [0.2, 0.25) is 0 Å². The Morgan fingerprint density at radius 1 is 0.968 bits per heavy atom. The molecule has 0 spiro atoms. The number of halogens is 7. The minimum atomic E-state index is -6.14. The van der Waals surface area contributed by atoms with E-state index >= 15 is 0 Å². The summed E-state index contributed by atoms with van der Waals surface area (Å²) in [5.74, 6) is -0.641. The van der Waals surface area contributed by atoms with Gasteiger partial charge in [0, 0.05) is 17.5 Å². The van der Waals surface area contributed by atoms with Crippen molar-refractivity contribution in [3.8, 4) is 0 Å². The molecular formula is C21H22F7NO2. The van der Waals surface area contributed by atoms with Gasteiger partial charge in [-0.2, -0.15) is 26.3 Å². The minimum Gasteiger partial charge on any atom is -0.393 e. The van der Waals surface area contributed by atoms with Crippen LogP contribution >= 0.6 is 0 Å². The molecule has 0 aliphatic heterocycles. The van der Waals surface area contributed by atoms with Crippen molar-refractivity contribution in [3.05, 3.63) is 34.9 Å². The summed E-state index contributed by atoms with van der Waals surface area (Å²) in [6.45, 7) is 0. The number of aliphatic hydroxyl groups is 1. The number of fused-ring (bicyclic) bond motifs is 3. The van der Waals surface area contributed by atoms with Crippen LogP contribution in [0.4, 0.5) is 30.7 Å². The summed E-state index contributed by atoms with van der Waals surface area (Å²) in [6, 6.07) is 2.36. The van der Waals surface area contributed by atoms with Crippen molar-refractivity contribution in [2.45, 2.75) is 74.6 Å². The summed E-state index contributed by atoms with van der Waals surface area (Å²) in [5, 5.41) is 12.3. The number of amides is 1. The van der Waals surface area contributed by atoms with Crippen molar-refractivity contribution < 1.29 is 40.6 Å². The lowest BCUT2D eigenvalue weighted by atomic mass is 9.73. The maximum absolute atomic E-state index is 14.4. The summed E-state index contributed by atoms with van der Waals surface area (Å²) >= 11 is 0. The first kappa shape index (κ1) is 22.4. The van der Waals surface area contributed by atoms with E-state index in [2.05, 4.69) is 5.32 Å². The molecule has 31 heavy (non-hydrogen) atoms. The highest BCUT2D eigenvalue weighted by Gasteiger charge is 2.73. The molecule has 1 aromatic rings. The van der Waals surface area contributed by atoms with Crippen LogP contribution in [0, 0.1) is 11.8 Å². The maximum atomic E-state index is 14.4. The molecule has 172 valence electrons. The van der Waals surface area contributed by atoms with Crippen LogP contribution in [0.3, 0.4) is 0 Å². The van der Waals surface area contributed by atoms with Gasteiger partial charge in [0.15, 0.2) is 0 Å². The van der Waals surface area contributed by atoms with Gasteiger partial charge in [-0.15, -0.1) is 0 Å². The second kappa shape index (κ2) is 7.35. The van der Waals surface area contributed by atoms with Gasteiger partial charge in [-0.3, -0.25) is 4.79 Å². The van der Waals surface area contributed by atoms with Crippen molar-refractivity contribution in [1.82, 2.24) is 5.32 Å². The van der Waals surface area contributed by atoms with Gasteiger partial charge >= 0.3 is 18.0 Å². The molecule has 2 unspecified atom stereocenters. The van der Waals surface area contributed by atoms with Crippen LogP contribution in [0.5, 0.6) is 0 Å². The van der Waals surface area contributed by atoms with Crippen molar-refractivity contribution in [2.24, 2.45) is 11.8 Å². The van der Waals surface area contributed by atoms with E-state index in [0.29, 0.717) is 49.8 Å². The van der Waals surface area contributed by atoms with E-state index in [0.717, 1.165) is 6.07 Å². The van der Waals surface area contributed by atoms with Gasteiger partial charge in [-0.25, -0.2) is 4.39 Å². The minimum absolute atomic E-state index is 0.0660. The fraction of sp³-hybridized carbons (Fsp3) is 0.667. The monoisotopic (exact) mass is 453 g/mol. The van der Waals surface area contributed by atoms with Crippen molar-refractivity contribution >= 4 is 5.91 Å². The summed E-state index contributed by atoms with van der Waals surface area (Å²) in [4.78, 5) is 12.6. The number of aryl methyl sites for hydroxylation is 1. The summed E-state index contributed by atoms with van der Waals surface area (Å²) in [5.41, 5.74) is -6.02. The molecule has 2 saturated carbocycles. The molecule has 0 aromatic heterocycles. The number of alkyl halides is 7. The van der Waals surface area contributed by atoms with Crippen LogP contribution in [-0.2, 0) is 16.9 Å². The second-order valence-electron chi connectivity index (χ2n) is 8.89. The zero-order valence-electron chi connectivity index (χ0n) is 16.4. The molecule has 4 rings (SSSR count). The predicted molar refractivity (Wildman–Crippen MR) is 95.8 cm³/mol. The average molecular weight is 453 g/mol. The Balaban J connectivity index is 1.56.